The highest BCUT2D eigenvalue weighted by Gasteiger charge is 2.29. The molecule has 0 saturated carbocycles. The maximum atomic E-state index is 11.3. The number of aryl methyl sites for hydroxylation is 1. The topological polar surface area (TPSA) is 68.0 Å². The minimum atomic E-state index is -0.800. The van der Waals surface area contributed by atoms with Crippen LogP contribution in [-0.2, 0) is 11.2 Å². The summed E-state index contributed by atoms with van der Waals surface area (Å²) in [6, 6.07) is 5.04. The van der Waals surface area contributed by atoms with E-state index >= 15 is 0 Å². The molecule has 0 aromatic carbocycles. The molecule has 1 aliphatic rings. The molecular formula is C13H13N3O2. The second kappa shape index (κ2) is 4.25. The lowest BCUT2D eigenvalue weighted by Gasteiger charge is -2.23. The molecule has 5 nitrogen and oxygen atoms in total. The zero-order valence-corrected chi connectivity index (χ0v) is 9.78. The quantitative estimate of drug-likeness (QED) is 0.874. The Hall–Kier alpha value is -2.17. The Morgan fingerprint density at radius 3 is 3.00 bits per heavy atom. The van der Waals surface area contributed by atoms with Gasteiger partial charge in [0.2, 0.25) is 0 Å². The Labute approximate surface area is 104 Å². The highest BCUT2D eigenvalue weighted by atomic mass is 16.4. The third kappa shape index (κ3) is 1.68. The number of imidazole rings is 1. The number of pyridine rings is 1. The van der Waals surface area contributed by atoms with E-state index in [2.05, 4.69) is 9.97 Å². The maximum absolute atomic E-state index is 11.3. The van der Waals surface area contributed by atoms with Crippen LogP contribution in [0.15, 0.2) is 30.6 Å². The number of aliphatic carboxylic acids is 1. The lowest BCUT2D eigenvalue weighted by molar-refractivity contribution is -0.141. The average Bonchev–Trinajstić information content (AvgIpc) is 2.83. The first kappa shape index (κ1) is 11.0. The predicted octanol–water partition coefficient (Wildman–Crippen LogP) is 1.91. The lowest BCUT2D eigenvalue weighted by Crippen LogP contribution is -2.25. The van der Waals surface area contributed by atoms with Crippen LogP contribution in [0.2, 0.25) is 0 Å². The van der Waals surface area contributed by atoms with E-state index in [-0.39, 0.29) is 0 Å². The van der Waals surface area contributed by atoms with Crippen molar-refractivity contribution in [1.82, 2.24) is 14.5 Å². The van der Waals surface area contributed by atoms with Gasteiger partial charge in [-0.15, -0.1) is 0 Å². The van der Waals surface area contributed by atoms with E-state index in [1.54, 1.807) is 12.4 Å². The number of carboxylic acids is 1. The van der Waals surface area contributed by atoms with Crippen molar-refractivity contribution in [2.45, 2.75) is 25.3 Å². The summed E-state index contributed by atoms with van der Waals surface area (Å²) in [6.45, 7) is 0. The van der Waals surface area contributed by atoms with Crippen molar-refractivity contribution in [2.24, 2.45) is 0 Å². The number of fused-ring (bicyclic) bond motifs is 1. The van der Waals surface area contributed by atoms with E-state index in [9.17, 15) is 9.90 Å². The largest absolute Gasteiger partial charge is 0.480 e. The number of carboxylic acid groups (broad SMARTS) is 1. The van der Waals surface area contributed by atoms with E-state index in [1.165, 1.54) is 0 Å². The monoisotopic (exact) mass is 243 g/mol. The Kier molecular flexibility index (Phi) is 2.59. The third-order valence-electron chi connectivity index (χ3n) is 3.27. The van der Waals surface area contributed by atoms with Crippen LogP contribution in [0.1, 0.15) is 24.6 Å². The van der Waals surface area contributed by atoms with Gasteiger partial charge in [-0.25, -0.2) is 9.78 Å². The lowest BCUT2D eigenvalue weighted by atomic mass is 10.0. The summed E-state index contributed by atoms with van der Waals surface area (Å²) < 4.78 is 1.81. The summed E-state index contributed by atoms with van der Waals surface area (Å²) in [5, 5.41) is 9.31. The fraction of sp³-hybridized carbons (Fsp3) is 0.308. The van der Waals surface area contributed by atoms with Crippen LogP contribution >= 0.6 is 0 Å². The highest BCUT2D eigenvalue weighted by Crippen LogP contribution is 2.30. The molecule has 0 saturated heterocycles. The zero-order valence-electron chi connectivity index (χ0n) is 9.78. The molecule has 2 aromatic heterocycles. The molecular weight excluding hydrogens is 230 g/mol. The molecule has 1 atom stereocenters. The minimum absolute atomic E-state index is 0.520. The van der Waals surface area contributed by atoms with Crippen molar-refractivity contribution < 1.29 is 9.90 Å². The molecule has 3 rings (SSSR count). The van der Waals surface area contributed by atoms with Crippen LogP contribution in [0.25, 0.3) is 11.5 Å². The Morgan fingerprint density at radius 1 is 1.39 bits per heavy atom. The standard InChI is InChI=1S/C13H13N3O2/c17-13(18)11-6-3-4-9-8-15-12(16(9)11)10-5-1-2-7-14-10/h1-2,5,7-8,11H,3-4,6H2,(H,17,18). The first-order valence-electron chi connectivity index (χ1n) is 5.97. The van der Waals surface area contributed by atoms with Crippen LogP contribution in [-0.4, -0.2) is 25.6 Å². The number of carbonyl (C=O) groups is 1. The van der Waals surface area contributed by atoms with Crippen LogP contribution in [0, 0.1) is 0 Å². The summed E-state index contributed by atoms with van der Waals surface area (Å²) >= 11 is 0. The Morgan fingerprint density at radius 2 is 2.28 bits per heavy atom. The van der Waals surface area contributed by atoms with Crippen molar-refractivity contribution in [3.8, 4) is 11.5 Å². The molecule has 1 aliphatic heterocycles. The van der Waals surface area contributed by atoms with Gasteiger partial charge in [0, 0.05) is 18.1 Å². The van der Waals surface area contributed by atoms with Crippen LogP contribution < -0.4 is 0 Å². The highest BCUT2D eigenvalue weighted by molar-refractivity contribution is 5.73. The maximum Gasteiger partial charge on any atom is 0.326 e. The van der Waals surface area contributed by atoms with Crippen molar-refractivity contribution in [1.29, 1.82) is 0 Å². The molecule has 0 bridgehead atoms. The van der Waals surface area contributed by atoms with Crippen molar-refractivity contribution in [2.75, 3.05) is 0 Å². The number of hydrogen-bond acceptors (Lipinski definition) is 3. The fourth-order valence-electron chi connectivity index (χ4n) is 2.45. The van der Waals surface area contributed by atoms with Gasteiger partial charge >= 0.3 is 5.97 Å². The fourth-order valence-corrected chi connectivity index (χ4v) is 2.45. The molecule has 1 unspecified atom stereocenters. The van der Waals surface area contributed by atoms with Crippen molar-refractivity contribution in [3.63, 3.8) is 0 Å². The normalized spacial score (nSPS) is 18.3. The summed E-state index contributed by atoms with van der Waals surface area (Å²) in [7, 11) is 0. The minimum Gasteiger partial charge on any atom is -0.480 e. The predicted molar refractivity (Wildman–Crippen MR) is 65.1 cm³/mol. The molecule has 3 heterocycles. The molecule has 0 amide bonds. The molecule has 0 radical (unpaired) electrons. The van der Waals surface area contributed by atoms with Gasteiger partial charge in [0.15, 0.2) is 5.82 Å². The van der Waals surface area contributed by atoms with Gasteiger partial charge in [-0.05, 0) is 31.4 Å². The van der Waals surface area contributed by atoms with E-state index in [0.717, 1.165) is 24.2 Å². The van der Waals surface area contributed by atoms with E-state index in [4.69, 9.17) is 0 Å². The smallest absolute Gasteiger partial charge is 0.326 e. The van der Waals surface area contributed by atoms with Gasteiger partial charge in [-0.3, -0.25) is 4.98 Å². The molecule has 18 heavy (non-hydrogen) atoms. The van der Waals surface area contributed by atoms with E-state index < -0.39 is 12.0 Å². The summed E-state index contributed by atoms with van der Waals surface area (Å²) in [6.07, 6.45) is 5.88. The molecule has 0 aliphatic carbocycles. The first-order valence-corrected chi connectivity index (χ1v) is 5.97. The molecule has 92 valence electrons. The molecule has 0 spiro atoms. The number of rotatable bonds is 2. The van der Waals surface area contributed by atoms with Crippen LogP contribution in [0.4, 0.5) is 0 Å². The molecule has 0 fully saturated rings. The van der Waals surface area contributed by atoms with Crippen LogP contribution in [0.5, 0.6) is 0 Å². The zero-order chi connectivity index (χ0) is 12.5. The third-order valence-corrected chi connectivity index (χ3v) is 3.27. The van der Waals surface area contributed by atoms with Gasteiger partial charge in [0.25, 0.3) is 0 Å². The number of nitrogens with zero attached hydrogens (tertiary/aromatic N) is 3. The molecule has 5 heteroatoms. The van der Waals surface area contributed by atoms with Gasteiger partial charge in [-0.2, -0.15) is 0 Å². The number of aromatic nitrogens is 3. The van der Waals surface area contributed by atoms with Gasteiger partial charge in [0.1, 0.15) is 11.7 Å². The second-order valence-corrected chi connectivity index (χ2v) is 4.40. The number of hydrogen-bond donors (Lipinski definition) is 1. The molecule has 2 aromatic rings. The summed E-state index contributed by atoms with van der Waals surface area (Å²) in [5.74, 6) is -0.149. The van der Waals surface area contributed by atoms with Crippen molar-refractivity contribution >= 4 is 5.97 Å². The van der Waals surface area contributed by atoms with Gasteiger partial charge < -0.3 is 9.67 Å². The Bertz CT molecular complexity index is 577. The second-order valence-electron chi connectivity index (χ2n) is 4.40. The SMILES string of the molecule is O=C(O)C1CCCc2cnc(-c3ccccn3)n21. The van der Waals surface area contributed by atoms with E-state index in [1.807, 2.05) is 22.8 Å². The average molecular weight is 243 g/mol. The first-order chi connectivity index (χ1) is 8.77. The van der Waals surface area contributed by atoms with Gasteiger partial charge in [-0.1, -0.05) is 6.07 Å². The summed E-state index contributed by atoms with van der Waals surface area (Å²) in [4.78, 5) is 19.9. The van der Waals surface area contributed by atoms with Crippen LogP contribution in [0.3, 0.4) is 0 Å². The van der Waals surface area contributed by atoms with Gasteiger partial charge in [0.05, 0.1) is 0 Å². The molecule has 1 N–H and O–H groups in total. The Balaban J connectivity index is 2.13. The van der Waals surface area contributed by atoms with Crippen molar-refractivity contribution in [3.05, 3.63) is 36.3 Å². The summed E-state index contributed by atoms with van der Waals surface area (Å²) in [5.41, 5.74) is 1.70. The van der Waals surface area contributed by atoms with E-state index in [0.29, 0.717) is 12.2 Å².